The fraction of sp³-hybridized carbons (Fsp3) is 0.833. The monoisotopic (exact) mass is 400 g/mol. The summed E-state index contributed by atoms with van der Waals surface area (Å²) in [6.07, 6.45) is 15.5. The summed E-state index contributed by atoms with van der Waals surface area (Å²) in [6.45, 7) is 2.18. The van der Waals surface area contributed by atoms with Crippen LogP contribution in [-0.2, 0) is 19.4 Å². The Morgan fingerprint density at radius 2 is 1.65 bits per heavy atom. The summed E-state index contributed by atoms with van der Waals surface area (Å²) < 4.78 is 34.3. The molecular formula is C18H33NaO6S. The molecule has 0 saturated carbocycles. The van der Waals surface area contributed by atoms with E-state index >= 15 is 0 Å². The third kappa shape index (κ3) is 22.1. The van der Waals surface area contributed by atoms with Gasteiger partial charge < -0.3 is 13.8 Å². The maximum absolute atomic E-state index is 11.0. The van der Waals surface area contributed by atoms with Crippen LogP contribution in [0.25, 0.3) is 0 Å². The zero-order valence-electron chi connectivity index (χ0n) is 16.3. The van der Waals surface area contributed by atoms with E-state index in [1.165, 1.54) is 19.3 Å². The molecule has 148 valence electrons. The molecule has 0 aromatic rings. The number of carbonyl (C=O) groups excluding carboxylic acids is 1. The summed E-state index contributed by atoms with van der Waals surface area (Å²) in [4.78, 5) is 11.0. The fourth-order valence-corrected chi connectivity index (χ4v) is 2.82. The van der Waals surface area contributed by atoms with Crippen molar-refractivity contribution in [2.45, 2.75) is 96.5 Å². The molecule has 0 aliphatic rings. The molecule has 0 spiro atoms. The number of rotatable bonds is 16. The van der Waals surface area contributed by atoms with E-state index in [4.69, 9.17) is 0 Å². The summed E-state index contributed by atoms with van der Waals surface area (Å²) in [5, 5.41) is 9.82. The van der Waals surface area contributed by atoms with Crippen LogP contribution < -0.4 is 29.6 Å². The first-order valence-electron chi connectivity index (χ1n) is 9.36. The topological polar surface area (TPSA) is 104 Å². The van der Waals surface area contributed by atoms with E-state index in [1.807, 2.05) is 6.08 Å². The van der Waals surface area contributed by atoms with Crippen molar-refractivity contribution in [1.82, 2.24) is 0 Å². The van der Waals surface area contributed by atoms with Crippen molar-refractivity contribution in [3.8, 4) is 0 Å². The molecule has 0 heterocycles. The van der Waals surface area contributed by atoms with Gasteiger partial charge in [-0.05, 0) is 32.1 Å². The second-order valence-corrected chi connectivity index (χ2v) is 7.36. The van der Waals surface area contributed by atoms with Crippen molar-refractivity contribution in [1.29, 1.82) is 0 Å². The van der Waals surface area contributed by atoms with Crippen molar-refractivity contribution in [3.05, 3.63) is 12.2 Å². The van der Waals surface area contributed by atoms with Crippen LogP contribution in [0.3, 0.4) is 0 Å². The number of aliphatic hydroxyl groups excluding tert-OH is 1. The smallest absolute Gasteiger partial charge is 0.716 e. The summed E-state index contributed by atoms with van der Waals surface area (Å²) in [5.74, 6) is -0.980. The molecule has 0 rings (SSSR count). The molecule has 0 aliphatic heterocycles. The molecule has 0 amide bonds. The molecule has 0 fully saturated rings. The largest absolute Gasteiger partial charge is 1.00 e. The number of allylic oxidation sites excluding steroid dienone is 1. The van der Waals surface area contributed by atoms with Crippen LogP contribution in [0.15, 0.2) is 12.2 Å². The Bertz CT molecular complexity index is 464. The van der Waals surface area contributed by atoms with Gasteiger partial charge >= 0.3 is 35.5 Å². The van der Waals surface area contributed by atoms with Crippen LogP contribution in [-0.4, -0.2) is 30.2 Å². The maximum atomic E-state index is 11.0. The van der Waals surface area contributed by atoms with Gasteiger partial charge in [0.1, 0.15) is 0 Å². The number of unbranched alkanes of at least 4 members (excludes halogenated alkanes) is 8. The number of carbonyl (C=O) groups is 1. The van der Waals surface area contributed by atoms with Gasteiger partial charge in [0.2, 0.25) is 0 Å². The third-order valence-corrected chi connectivity index (χ3v) is 4.30. The molecule has 0 aromatic carbocycles. The van der Waals surface area contributed by atoms with E-state index in [0.717, 1.165) is 51.4 Å². The second-order valence-electron chi connectivity index (χ2n) is 6.38. The Morgan fingerprint density at radius 1 is 1.04 bits per heavy atom. The quantitative estimate of drug-likeness (QED) is 0.136. The molecule has 0 bridgehead atoms. The van der Waals surface area contributed by atoms with E-state index in [-0.39, 0.29) is 42.1 Å². The summed E-state index contributed by atoms with van der Waals surface area (Å²) in [6, 6.07) is 0. The third-order valence-electron chi connectivity index (χ3n) is 3.91. The minimum atomic E-state index is -4.92. The molecule has 26 heavy (non-hydrogen) atoms. The average molecular weight is 401 g/mol. The first-order valence-corrected chi connectivity index (χ1v) is 10.7. The number of aliphatic hydroxyl groups is 1. The fourth-order valence-electron chi connectivity index (χ4n) is 2.51. The minimum Gasteiger partial charge on any atom is -0.716 e. The molecule has 0 radical (unpaired) electrons. The van der Waals surface area contributed by atoms with E-state index < -0.39 is 16.4 Å². The van der Waals surface area contributed by atoms with E-state index in [9.17, 15) is 22.9 Å². The minimum absolute atomic E-state index is 0. The predicted octanol–water partition coefficient (Wildman–Crippen LogP) is 1.00. The van der Waals surface area contributed by atoms with E-state index in [2.05, 4.69) is 17.2 Å². The van der Waals surface area contributed by atoms with Gasteiger partial charge in [-0.15, -0.1) is 0 Å². The molecular weight excluding hydrogens is 367 g/mol. The van der Waals surface area contributed by atoms with Crippen molar-refractivity contribution in [2.75, 3.05) is 0 Å². The van der Waals surface area contributed by atoms with Gasteiger partial charge in [-0.1, -0.05) is 64.0 Å². The molecule has 6 nitrogen and oxygen atoms in total. The normalized spacial score (nSPS) is 12.7. The molecule has 1 N–H and O–H groups in total. The number of hydrogen-bond donors (Lipinski definition) is 1. The maximum Gasteiger partial charge on any atom is 1.00 e. The molecule has 0 aliphatic carbocycles. The van der Waals surface area contributed by atoms with Crippen LogP contribution >= 0.6 is 0 Å². The van der Waals surface area contributed by atoms with Gasteiger partial charge in [0.25, 0.3) is 10.4 Å². The van der Waals surface area contributed by atoms with Gasteiger partial charge in [-0.2, -0.15) is 0 Å². The SMILES string of the molecule is CCCCCC[C@@H](O)C/C=C\CCCCCCCC(=O)OS(=O)(=O)[O-].[Na+]. The summed E-state index contributed by atoms with van der Waals surface area (Å²) in [5.41, 5.74) is 0. The van der Waals surface area contributed by atoms with E-state index in [0.29, 0.717) is 6.42 Å². The van der Waals surface area contributed by atoms with Crippen LogP contribution in [0.2, 0.25) is 0 Å². The first-order chi connectivity index (χ1) is 11.8. The molecule has 1 atom stereocenters. The van der Waals surface area contributed by atoms with Crippen LogP contribution in [0.1, 0.15) is 90.4 Å². The Labute approximate surface area is 181 Å². The van der Waals surface area contributed by atoms with Crippen LogP contribution in [0.4, 0.5) is 0 Å². The second kappa shape index (κ2) is 18.4. The number of hydrogen-bond acceptors (Lipinski definition) is 6. The Hall–Kier alpha value is 0.0800. The zero-order valence-corrected chi connectivity index (χ0v) is 19.1. The van der Waals surface area contributed by atoms with Crippen molar-refractivity contribution in [3.63, 3.8) is 0 Å². The molecule has 0 unspecified atom stereocenters. The first kappa shape index (κ1) is 28.3. The average Bonchev–Trinajstić information content (AvgIpc) is 2.51. The molecule has 8 heteroatoms. The standard InChI is InChI=1S/C18H34O6S.Na/c1-2-3-4-11-14-17(19)15-12-9-7-5-6-8-10-13-16-18(20)24-25(21,22)23;/h9,12,17,19H,2-8,10-11,13-16H2,1H3,(H,21,22,23);/q;+1/p-1/b12-9-;/t17-;/m1./s1. The summed E-state index contributed by atoms with van der Waals surface area (Å²) >= 11 is 0. The van der Waals surface area contributed by atoms with Crippen LogP contribution in [0.5, 0.6) is 0 Å². The van der Waals surface area contributed by atoms with Crippen molar-refractivity contribution in [2.24, 2.45) is 0 Å². The van der Waals surface area contributed by atoms with Crippen molar-refractivity contribution < 1.29 is 56.6 Å². The van der Waals surface area contributed by atoms with Gasteiger partial charge in [-0.25, -0.2) is 8.42 Å². The van der Waals surface area contributed by atoms with E-state index in [1.54, 1.807) is 0 Å². The van der Waals surface area contributed by atoms with Crippen molar-refractivity contribution >= 4 is 16.4 Å². The molecule has 0 aromatic heterocycles. The summed E-state index contributed by atoms with van der Waals surface area (Å²) in [7, 11) is -4.92. The van der Waals surface area contributed by atoms with Crippen LogP contribution in [0, 0.1) is 0 Å². The Kier molecular flexibility index (Phi) is 20.1. The van der Waals surface area contributed by atoms with Gasteiger partial charge in [0, 0.05) is 6.42 Å². The van der Waals surface area contributed by atoms with Gasteiger partial charge in [-0.3, -0.25) is 4.79 Å². The predicted molar refractivity (Wildman–Crippen MR) is 96.6 cm³/mol. The van der Waals surface area contributed by atoms with Gasteiger partial charge in [0.15, 0.2) is 0 Å². The van der Waals surface area contributed by atoms with Gasteiger partial charge in [0.05, 0.1) is 6.10 Å². The zero-order chi connectivity index (χ0) is 19.0. The Morgan fingerprint density at radius 3 is 2.31 bits per heavy atom. The Balaban J connectivity index is 0. The molecule has 0 saturated heterocycles.